The van der Waals surface area contributed by atoms with Crippen LogP contribution in [0, 0.1) is 0 Å². The molecule has 0 bridgehead atoms. The van der Waals surface area contributed by atoms with Crippen LogP contribution >= 0.6 is 0 Å². The number of unbranched alkanes of at least 4 members (excludes halogenated alkanes) is 36. The highest BCUT2D eigenvalue weighted by Gasteiger charge is 2.17. The van der Waals surface area contributed by atoms with Crippen molar-refractivity contribution in [2.45, 2.75) is 302 Å². The van der Waals surface area contributed by atoms with Gasteiger partial charge in [-0.25, -0.2) is 0 Å². The SMILES string of the molecule is CCCCCCCCCCCCCCCCCCCCC/C=C/C(O)C(CO)NC(=O)CC/C=C\C/C=C\CCCCCCCCOC(=O)CCCCCCCCCCCCCC. The minimum atomic E-state index is -0.880. The summed E-state index contributed by atoms with van der Waals surface area (Å²) >= 11 is 0. The Morgan fingerprint density at radius 2 is 0.810 bits per heavy atom. The van der Waals surface area contributed by atoms with E-state index in [2.05, 4.69) is 37.4 Å². The second-order valence-corrected chi connectivity index (χ2v) is 18.9. The Hall–Kier alpha value is -1.92. The molecule has 2 unspecified atom stereocenters. The largest absolute Gasteiger partial charge is 0.466 e. The zero-order chi connectivity index (χ0) is 45.8. The highest BCUT2D eigenvalue weighted by Crippen LogP contribution is 2.16. The van der Waals surface area contributed by atoms with E-state index >= 15 is 0 Å². The van der Waals surface area contributed by atoms with E-state index in [1.54, 1.807) is 6.08 Å². The monoisotopic (exact) mass is 886 g/mol. The van der Waals surface area contributed by atoms with Crippen molar-refractivity contribution in [3.63, 3.8) is 0 Å². The standard InChI is InChI=1S/C57H107NO5/c1-3-5-7-9-11-13-15-17-18-19-20-21-22-23-24-26-29-33-37-41-45-49-55(60)54(53-59)58-56(61)50-46-42-38-34-30-27-25-28-32-36-40-44-48-52-63-57(62)51-47-43-39-35-31-16-14-12-10-8-6-4-2/h27,30,38,42,45,49,54-55,59-60H,3-26,28-29,31-37,39-41,43-44,46-48,50-53H2,1-2H3,(H,58,61)/b30-27-,42-38-,49-45+. The fourth-order valence-corrected chi connectivity index (χ4v) is 8.39. The molecule has 6 nitrogen and oxygen atoms in total. The number of amides is 1. The Balaban J connectivity index is 3.58. The van der Waals surface area contributed by atoms with Gasteiger partial charge in [-0.05, 0) is 51.4 Å². The van der Waals surface area contributed by atoms with Crippen LogP contribution in [0.2, 0.25) is 0 Å². The molecule has 0 fully saturated rings. The molecule has 63 heavy (non-hydrogen) atoms. The van der Waals surface area contributed by atoms with Gasteiger partial charge >= 0.3 is 5.97 Å². The van der Waals surface area contributed by atoms with Gasteiger partial charge in [0, 0.05) is 12.8 Å². The topological polar surface area (TPSA) is 95.9 Å². The average molecular weight is 886 g/mol. The predicted molar refractivity (Wildman–Crippen MR) is 273 cm³/mol. The average Bonchev–Trinajstić information content (AvgIpc) is 3.28. The van der Waals surface area contributed by atoms with Crippen molar-refractivity contribution in [1.29, 1.82) is 0 Å². The van der Waals surface area contributed by atoms with Gasteiger partial charge in [0.2, 0.25) is 5.91 Å². The summed E-state index contributed by atoms with van der Waals surface area (Å²) in [5, 5.41) is 23.1. The summed E-state index contributed by atoms with van der Waals surface area (Å²) in [7, 11) is 0. The molecule has 0 aromatic heterocycles. The van der Waals surface area contributed by atoms with Gasteiger partial charge in [-0.3, -0.25) is 9.59 Å². The fourth-order valence-electron chi connectivity index (χ4n) is 8.39. The Morgan fingerprint density at radius 3 is 1.24 bits per heavy atom. The molecule has 0 aliphatic rings. The molecule has 1 amide bonds. The second-order valence-electron chi connectivity index (χ2n) is 18.9. The quantitative estimate of drug-likeness (QED) is 0.0321. The van der Waals surface area contributed by atoms with Crippen molar-refractivity contribution < 1.29 is 24.5 Å². The summed E-state index contributed by atoms with van der Waals surface area (Å²) in [6, 6.07) is -0.672. The van der Waals surface area contributed by atoms with Gasteiger partial charge in [0.1, 0.15) is 0 Å². The Kier molecular flexibility index (Phi) is 51.1. The molecule has 0 radical (unpaired) electrons. The molecule has 0 heterocycles. The van der Waals surface area contributed by atoms with E-state index in [1.165, 1.54) is 205 Å². The van der Waals surface area contributed by atoms with Crippen molar-refractivity contribution in [2.24, 2.45) is 0 Å². The number of aliphatic hydroxyl groups is 2. The van der Waals surface area contributed by atoms with E-state index in [-0.39, 0.29) is 18.5 Å². The first-order valence-electron chi connectivity index (χ1n) is 27.8. The molecule has 3 N–H and O–H groups in total. The minimum Gasteiger partial charge on any atom is -0.466 e. The molecule has 6 heteroatoms. The number of hydrogen-bond acceptors (Lipinski definition) is 5. The minimum absolute atomic E-state index is 0.0178. The lowest BCUT2D eigenvalue weighted by Crippen LogP contribution is -2.45. The van der Waals surface area contributed by atoms with Gasteiger partial charge in [0.25, 0.3) is 0 Å². The van der Waals surface area contributed by atoms with Crippen LogP contribution in [-0.4, -0.2) is 47.4 Å². The molecule has 0 saturated heterocycles. The van der Waals surface area contributed by atoms with Gasteiger partial charge in [0.15, 0.2) is 0 Å². The Bertz CT molecular complexity index is 1020. The Morgan fingerprint density at radius 1 is 0.444 bits per heavy atom. The van der Waals surface area contributed by atoms with Gasteiger partial charge in [0.05, 0.1) is 25.4 Å². The van der Waals surface area contributed by atoms with Crippen LogP contribution in [0.15, 0.2) is 36.5 Å². The molecule has 2 atom stereocenters. The summed E-state index contributed by atoms with van der Waals surface area (Å²) in [4.78, 5) is 24.4. The molecule has 0 rings (SSSR count). The first-order valence-corrected chi connectivity index (χ1v) is 27.8. The fraction of sp³-hybridized carbons (Fsp3) is 0.860. The van der Waals surface area contributed by atoms with Gasteiger partial charge < -0.3 is 20.3 Å². The predicted octanol–water partition coefficient (Wildman–Crippen LogP) is 16.9. The smallest absolute Gasteiger partial charge is 0.305 e. The van der Waals surface area contributed by atoms with Crippen LogP contribution in [0.5, 0.6) is 0 Å². The number of aliphatic hydroxyl groups excluding tert-OH is 2. The Labute approximate surface area is 392 Å². The maximum atomic E-state index is 12.4. The first kappa shape index (κ1) is 61.1. The third kappa shape index (κ3) is 49.4. The summed E-state index contributed by atoms with van der Waals surface area (Å²) in [6.07, 6.45) is 64.6. The number of rotatable bonds is 51. The van der Waals surface area contributed by atoms with E-state index in [1.807, 2.05) is 12.2 Å². The molecule has 0 aliphatic heterocycles. The van der Waals surface area contributed by atoms with E-state index in [0.29, 0.717) is 25.9 Å². The van der Waals surface area contributed by atoms with Gasteiger partial charge in [-0.1, -0.05) is 262 Å². The molecule has 0 aliphatic carbocycles. The van der Waals surface area contributed by atoms with Gasteiger partial charge in [-0.15, -0.1) is 0 Å². The molecule has 0 aromatic carbocycles. The number of esters is 1. The normalized spacial score (nSPS) is 12.9. The highest BCUT2D eigenvalue weighted by atomic mass is 16.5. The van der Waals surface area contributed by atoms with Gasteiger partial charge in [-0.2, -0.15) is 0 Å². The number of hydrogen-bond donors (Lipinski definition) is 3. The first-order chi connectivity index (χ1) is 31.0. The highest BCUT2D eigenvalue weighted by molar-refractivity contribution is 5.76. The summed E-state index contributed by atoms with van der Waals surface area (Å²) in [5.41, 5.74) is 0. The molecule has 0 aromatic rings. The van der Waals surface area contributed by atoms with Crippen LogP contribution in [0.4, 0.5) is 0 Å². The number of ether oxygens (including phenoxy) is 1. The van der Waals surface area contributed by atoms with E-state index in [4.69, 9.17) is 4.74 Å². The molecule has 0 saturated carbocycles. The molecular formula is C57H107NO5. The second kappa shape index (κ2) is 52.7. The molecule has 0 spiro atoms. The number of nitrogens with one attached hydrogen (secondary N) is 1. The van der Waals surface area contributed by atoms with Crippen LogP contribution in [-0.2, 0) is 14.3 Å². The van der Waals surface area contributed by atoms with Crippen molar-refractivity contribution >= 4 is 11.9 Å². The van der Waals surface area contributed by atoms with Crippen LogP contribution in [0.25, 0.3) is 0 Å². The lowest BCUT2D eigenvalue weighted by atomic mass is 10.0. The van der Waals surface area contributed by atoms with Crippen LogP contribution < -0.4 is 5.32 Å². The van der Waals surface area contributed by atoms with E-state index in [0.717, 1.165) is 51.4 Å². The maximum Gasteiger partial charge on any atom is 0.305 e. The molecular weight excluding hydrogens is 779 g/mol. The maximum absolute atomic E-state index is 12.4. The number of allylic oxidation sites excluding steroid dienone is 5. The number of carbonyl (C=O) groups excluding carboxylic acids is 2. The lowest BCUT2D eigenvalue weighted by molar-refractivity contribution is -0.143. The van der Waals surface area contributed by atoms with Crippen molar-refractivity contribution in [3.8, 4) is 0 Å². The lowest BCUT2D eigenvalue weighted by Gasteiger charge is -2.19. The van der Waals surface area contributed by atoms with Crippen LogP contribution in [0.3, 0.4) is 0 Å². The zero-order valence-electron chi connectivity index (χ0n) is 42.1. The summed E-state index contributed by atoms with van der Waals surface area (Å²) < 4.78 is 5.44. The van der Waals surface area contributed by atoms with E-state index in [9.17, 15) is 19.8 Å². The van der Waals surface area contributed by atoms with Crippen molar-refractivity contribution in [3.05, 3.63) is 36.5 Å². The van der Waals surface area contributed by atoms with Crippen molar-refractivity contribution in [1.82, 2.24) is 5.32 Å². The zero-order valence-corrected chi connectivity index (χ0v) is 42.1. The third-order valence-electron chi connectivity index (χ3n) is 12.7. The van der Waals surface area contributed by atoms with Crippen molar-refractivity contribution in [2.75, 3.05) is 13.2 Å². The number of carbonyl (C=O) groups is 2. The summed E-state index contributed by atoms with van der Waals surface area (Å²) in [5.74, 6) is -0.165. The van der Waals surface area contributed by atoms with E-state index < -0.39 is 12.1 Å². The summed E-state index contributed by atoms with van der Waals surface area (Å²) in [6.45, 7) is 4.85. The third-order valence-corrected chi connectivity index (χ3v) is 12.7. The van der Waals surface area contributed by atoms with Crippen LogP contribution in [0.1, 0.15) is 290 Å². The molecule has 370 valence electrons.